The lowest BCUT2D eigenvalue weighted by Crippen LogP contribution is -2.43. The van der Waals surface area contributed by atoms with Gasteiger partial charge in [0.15, 0.2) is 0 Å². The summed E-state index contributed by atoms with van der Waals surface area (Å²) in [6.45, 7) is 10.7. The maximum absolute atomic E-state index is 11.9. The number of carbonyl (C=O) groups excluding carboxylic acids is 1. The first-order valence-corrected chi connectivity index (χ1v) is 6.84. The third kappa shape index (κ3) is 5.14. The molecule has 0 fully saturated rings. The molecule has 1 aromatic rings. The van der Waals surface area contributed by atoms with Crippen molar-refractivity contribution in [1.29, 1.82) is 0 Å². The van der Waals surface area contributed by atoms with Gasteiger partial charge < -0.3 is 11.1 Å². The van der Waals surface area contributed by atoms with Crippen LogP contribution in [0.25, 0.3) is 0 Å². The average molecular weight is 299 g/mol. The first kappa shape index (κ1) is 18.9. The largest absolute Gasteiger partial charge is 0.355 e. The van der Waals surface area contributed by atoms with E-state index in [1.165, 1.54) is 11.1 Å². The SMILES string of the molecule is Cc1ccc(C(C)(C)CNC(=O)C(C)C(C)N)cc1.Cl. The monoisotopic (exact) mass is 298 g/mol. The van der Waals surface area contributed by atoms with Crippen LogP contribution in [0.2, 0.25) is 0 Å². The summed E-state index contributed by atoms with van der Waals surface area (Å²) in [4.78, 5) is 11.9. The minimum atomic E-state index is -0.159. The summed E-state index contributed by atoms with van der Waals surface area (Å²) < 4.78 is 0. The van der Waals surface area contributed by atoms with Crippen LogP contribution in [0.15, 0.2) is 24.3 Å². The number of hydrogen-bond acceptors (Lipinski definition) is 2. The highest BCUT2D eigenvalue weighted by Gasteiger charge is 2.23. The van der Waals surface area contributed by atoms with Crippen LogP contribution in [0.3, 0.4) is 0 Å². The Bertz CT molecular complexity index is 427. The van der Waals surface area contributed by atoms with Crippen molar-refractivity contribution in [3.8, 4) is 0 Å². The van der Waals surface area contributed by atoms with Gasteiger partial charge in [-0.1, -0.05) is 50.6 Å². The normalized spacial score (nSPS) is 14.1. The van der Waals surface area contributed by atoms with Gasteiger partial charge in [-0.15, -0.1) is 12.4 Å². The molecular formula is C16H27ClN2O. The Morgan fingerprint density at radius 1 is 1.25 bits per heavy atom. The van der Waals surface area contributed by atoms with E-state index < -0.39 is 0 Å². The Morgan fingerprint density at radius 2 is 1.75 bits per heavy atom. The summed E-state index contributed by atoms with van der Waals surface area (Å²) in [5.74, 6) is -0.135. The highest BCUT2D eigenvalue weighted by atomic mass is 35.5. The second-order valence-electron chi connectivity index (χ2n) is 6.12. The molecule has 3 N–H and O–H groups in total. The molecule has 0 aromatic heterocycles. The molecule has 0 spiro atoms. The van der Waals surface area contributed by atoms with Crippen molar-refractivity contribution in [2.24, 2.45) is 11.7 Å². The third-order valence-corrected chi connectivity index (χ3v) is 3.74. The predicted molar refractivity (Wildman–Crippen MR) is 87.3 cm³/mol. The maximum atomic E-state index is 11.9. The maximum Gasteiger partial charge on any atom is 0.224 e. The van der Waals surface area contributed by atoms with Crippen LogP contribution in [0, 0.1) is 12.8 Å². The van der Waals surface area contributed by atoms with Crippen molar-refractivity contribution in [3.05, 3.63) is 35.4 Å². The lowest BCUT2D eigenvalue weighted by atomic mass is 9.84. The number of aryl methyl sites for hydroxylation is 1. The summed E-state index contributed by atoms with van der Waals surface area (Å²) in [6.07, 6.45) is 0. The molecule has 0 radical (unpaired) electrons. The molecule has 2 unspecified atom stereocenters. The number of amides is 1. The fourth-order valence-electron chi connectivity index (χ4n) is 1.81. The standard InChI is InChI=1S/C16H26N2O.ClH/c1-11-6-8-14(9-7-11)16(4,5)10-18-15(19)12(2)13(3)17;/h6-9,12-13H,10,17H2,1-5H3,(H,18,19);1H. The van der Waals surface area contributed by atoms with Gasteiger partial charge >= 0.3 is 0 Å². The molecule has 20 heavy (non-hydrogen) atoms. The molecule has 2 atom stereocenters. The number of hydrogen-bond donors (Lipinski definition) is 2. The fraction of sp³-hybridized carbons (Fsp3) is 0.562. The highest BCUT2D eigenvalue weighted by Crippen LogP contribution is 2.22. The molecule has 0 saturated carbocycles. The lowest BCUT2D eigenvalue weighted by molar-refractivity contribution is -0.125. The van der Waals surface area contributed by atoms with Crippen LogP contribution >= 0.6 is 12.4 Å². The van der Waals surface area contributed by atoms with Crippen molar-refractivity contribution in [2.45, 2.75) is 46.1 Å². The van der Waals surface area contributed by atoms with Gasteiger partial charge in [-0.05, 0) is 19.4 Å². The van der Waals surface area contributed by atoms with Gasteiger partial charge in [0.05, 0.1) is 0 Å². The molecular weight excluding hydrogens is 272 g/mol. The average Bonchev–Trinajstić information content (AvgIpc) is 2.35. The zero-order valence-corrected chi connectivity index (χ0v) is 13.9. The molecule has 0 aliphatic rings. The van der Waals surface area contributed by atoms with Crippen LogP contribution in [0.1, 0.15) is 38.8 Å². The molecule has 0 saturated heterocycles. The van der Waals surface area contributed by atoms with Crippen molar-refractivity contribution >= 4 is 18.3 Å². The Labute approximate surface area is 128 Å². The molecule has 4 heteroatoms. The predicted octanol–water partition coefficient (Wildman–Crippen LogP) is 2.79. The second kappa shape index (κ2) is 7.65. The van der Waals surface area contributed by atoms with Gasteiger partial charge in [-0.25, -0.2) is 0 Å². The minimum Gasteiger partial charge on any atom is -0.355 e. The Hall–Kier alpha value is -1.06. The van der Waals surface area contributed by atoms with E-state index >= 15 is 0 Å². The quantitative estimate of drug-likeness (QED) is 0.878. The summed E-state index contributed by atoms with van der Waals surface area (Å²) in [5, 5.41) is 3.00. The van der Waals surface area contributed by atoms with E-state index in [4.69, 9.17) is 5.73 Å². The molecule has 0 aliphatic carbocycles. The molecule has 0 bridgehead atoms. The summed E-state index contributed by atoms with van der Waals surface area (Å²) in [7, 11) is 0. The van der Waals surface area contributed by atoms with Crippen molar-refractivity contribution < 1.29 is 4.79 Å². The van der Waals surface area contributed by atoms with Gasteiger partial charge in [-0.3, -0.25) is 4.79 Å². The van der Waals surface area contributed by atoms with Crippen molar-refractivity contribution in [2.75, 3.05) is 6.54 Å². The number of nitrogens with one attached hydrogen (secondary N) is 1. The number of benzene rings is 1. The zero-order valence-electron chi connectivity index (χ0n) is 13.1. The van der Waals surface area contributed by atoms with E-state index in [0.717, 1.165) is 0 Å². The second-order valence-corrected chi connectivity index (χ2v) is 6.12. The van der Waals surface area contributed by atoms with Crippen molar-refractivity contribution in [3.63, 3.8) is 0 Å². The van der Waals surface area contributed by atoms with Gasteiger partial charge in [0.1, 0.15) is 0 Å². The number of rotatable bonds is 5. The molecule has 0 heterocycles. The smallest absolute Gasteiger partial charge is 0.224 e. The van der Waals surface area contributed by atoms with Gasteiger partial charge in [0, 0.05) is 23.9 Å². The summed E-state index contributed by atoms with van der Waals surface area (Å²) >= 11 is 0. The molecule has 0 aliphatic heterocycles. The first-order valence-electron chi connectivity index (χ1n) is 6.84. The van der Waals surface area contributed by atoms with Crippen LogP contribution in [-0.2, 0) is 10.2 Å². The van der Waals surface area contributed by atoms with Gasteiger partial charge in [0.2, 0.25) is 5.91 Å². The fourth-order valence-corrected chi connectivity index (χ4v) is 1.81. The molecule has 1 aromatic carbocycles. The molecule has 3 nitrogen and oxygen atoms in total. The van der Waals surface area contributed by atoms with Crippen LogP contribution in [-0.4, -0.2) is 18.5 Å². The van der Waals surface area contributed by atoms with Crippen molar-refractivity contribution in [1.82, 2.24) is 5.32 Å². The minimum absolute atomic E-state index is 0. The topological polar surface area (TPSA) is 55.1 Å². The summed E-state index contributed by atoms with van der Waals surface area (Å²) in [6, 6.07) is 8.32. The third-order valence-electron chi connectivity index (χ3n) is 3.74. The Balaban J connectivity index is 0.00000361. The zero-order chi connectivity index (χ0) is 14.6. The Kier molecular flexibility index (Phi) is 7.25. The van der Waals surface area contributed by atoms with Crippen LogP contribution < -0.4 is 11.1 Å². The van der Waals surface area contributed by atoms with E-state index in [1.54, 1.807) is 0 Å². The molecule has 114 valence electrons. The number of carbonyl (C=O) groups is 1. The summed E-state index contributed by atoms with van der Waals surface area (Å²) in [5.41, 5.74) is 8.13. The number of nitrogens with two attached hydrogens (primary N) is 1. The van der Waals surface area contributed by atoms with E-state index in [-0.39, 0.29) is 35.7 Å². The van der Waals surface area contributed by atoms with E-state index in [0.29, 0.717) is 6.54 Å². The van der Waals surface area contributed by atoms with Crippen LogP contribution in [0.5, 0.6) is 0 Å². The molecule has 1 amide bonds. The van der Waals surface area contributed by atoms with Crippen LogP contribution in [0.4, 0.5) is 0 Å². The van der Waals surface area contributed by atoms with E-state index in [2.05, 4.69) is 50.4 Å². The Morgan fingerprint density at radius 3 is 2.20 bits per heavy atom. The van der Waals surface area contributed by atoms with E-state index in [1.807, 2.05) is 13.8 Å². The van der Waals surface area contributed by atoms with Gasteiger partial charge in [0.25, 0.3) is 0 Å². The molecule has 1 rings (SSSR count). The lowest BCUT2D eigenvalue weighted by Gasteiger charge is -2.27. The first-order chi connectivity index (χ1) is 8.74. The van der Waals surface area contributed by atoms with E-state index in [9.17, 15) is 4.79 Å². The number of halogens is 1. The highest BCUT2D eigenvalue weighted by molar-refractivity contribution is 5.85. The van der Waals surface area contributed by atoms with Gasteiger partial charge in [-0.2, -0.15) is 0 Å².